The molecule has 0 unspecified atom stereocenters. The van der Waals surface area contributed by atoms with Crippen LogP contribution < -0.4 is 10.7 Å². The average Bonchev–Trinajstić information content (AvgIpc) is 3.06. The Labute approximate surface area is 139 Å². The van der Waals surface area contributed by atoms with Gasteiger partial charge in [0, 0.05) is 10.6 Å². The summed E-state index contributed by atoms with van der Waals surface area (Å²) in [5.74, 6) is -2.19. The quantitative estimate of drug-likeness (QED) is 0.504. The van der Waals surface area contributed by atoms with Crippen molar-refractivity contribution >= 4 is 34.6 Å². The molecule has 0 aliphatic rings. The summed E-state index contributed by atoms with van der Waals surface area (Å²) in [6, 6.07) is 7.59. The van der Waals surface area contributed by atoms with Crippen molar-refractivity contribution in [3.63, 3.8) is 0 Å². The van der Waals surface area contributed by atoms with Crippen molar-refractivity contribution in [2.45, 2.75) is 13.1 Å². The van der Waals surface area contributed by atoms with Gasteiger partial charge in [0.15, 0.2) is 0 Å². The second-order valence-corrected chi connectivity index (χ2v) is 5.60. The van der Waals surface area contributed by atoms with Crippen LogP contribution in [0.1, 0.15) is 17.4 Å². The van der Waals surface area contributed by atoms with Gasteiger partial charge in [0.2, 0.25) is 0 Å². The topological polar surface area (TPSA) is 70.6 Å². The van der Waals surface area contributed by atoms with Gasteiger partial charge in [0.05, 0.1) is 11.3 Å². The van der Waals surface area contributed by atoms with Crippen LogP contribution in [-0.4, -0.2) is 17.5 Å². The highest BCUT2D eigenvalue weighted by Gasteiger charge is 2.30. The first-order chi connectivity index (χ1) is 11.3. The lowest BCUT2D eigenvalue weighted by atomic mass is 10.2. The molecule has 0 aliphatic heterocycles. The minimum absolute atomic E-state index is 0.135. The number of hydrazone groups is 1. The van der Waals surface area contributed by atoms with E-state index in [9.17, 15) is 22.8 Å². The zero-order valence-electron chi connectivity index (χ0n) is 12.3. The Morgan fingerprint density at radius 2 is 1.88 bits per heavy atom. The number of halogens is 3. The van der Waals surface area contributed by atoms with Crippen LogP contribution in [0.25, 0.3) is 0 Å². The number of nitrogens with one attached hydrogen (secondary N) is 2. The van der Waals surface area contributed by atoms with Crippen molar-refractivity contribution < 1.29 is 22.8 Å². The number of rotatable bonds is 3. The molecule has 2 amide bonds. The number of amides is 2. The monoisotopic (exact) mass is 355 g/mol. The highest BCUT2D eigenvalue weighted by Crippen LogP contribution is 2.30. The van der Waals surface area contributed by atoms with E-state index in [1.165, 1.54) is 17.4 Å². The van der Waals surface area contributed by atoms with Gasteiger partial charge in [-0.15, -0.1) is 11.3 Å². The highest BCUT2D eigenvalue weighted by atomic mass is 32.1. The fraction of sp³-hybridized carbons (Fsp3) is 0.133. The lowest BCUT2D eigenvalue weighted by Gasteiger charge is -2.09. The molecule has 0 saturated carbocycles. The Hall–Kier alpha value is -2.68. The standard InChI is InChI=1S/C15H12F3N3O2S/c1-9(12-6-3-7-24-12)20-21-14(23)13(22)19-11-5-2-4-10(8-11)15(16,17)18/h2-8H,1H3,(H,19,22)(H,21,23)/b20-9+. The van der Waals surface area contributed by atoms with Crippen molar-refractivity contribution in [1.29, 1.82) is 0 Å². The van der Waals surface area contributed by atoms with Gasteiger partial charge in [-0.1, -0.05) is 12.1 Å². The summed E-state index contributed by atoms with van der Waals surface area (Å²) in [6.07, 6.45) is -4.54. The summed E-state index contributed by atoms with van der Waals surface area (Å²) in [5.41, 5.74) is 1.50. The normalized spacial score (nSPS) is 11.9. The van der Waals surface area contributed by atoms with Crippen LogP contribution in [0.15, 0.2) is 46.9 Å². The van der Waals surface area contributed by atoms with Crippen LogP contribution in [0.3, 0.4) is 0 Å². The van der Waals surface area contributed by atoms with Crippen LogP contribution in [0, 0.1) is 0 Å². The molecule has 126 valence electrons. The van der Waals surface area contributed by atoms with Crippen molar-refractivity contribution in [2.24, 2.45) is 5.10 Å². The highest BCUT2D eigenvalue weighted by molar-refractivity contribution is 7.12. The molecule has 1 aromatic heterocycles. The van der Waals surface area contributed by atoms with Gasteiger partial charge in [-0.05, 0) is 36.6 Å². The van der Waals surface area contributed by atoms with Gasteiger partial charge in [0.25, 0.3) is 0 Å². The first-order valence-corrected chi connectivity index (χ1v) is 7.52. The smallest absolute Gasteiger partial charge is 0.318 e. The maximum atomic E-state index is 12.6. The number of thiophene rings is 1. The van der Waals surface area contributed by atoms with Crippen molar-refractivity contribution in [1.82, 2.24) is 5.43 Å². The number of anilines is 1. The molecule has 0 aliphatic carbocycles. The third-order valence-corrected chi connectivity index (χ3v) is 3.84. The molecule has 2 rings (SSSR count). The van der Waals surface area contributed by atoms with E-state index < -0.39 is 23.6 Å². The maximum absolute atomic E-state index is 12.6. The number of carbonyl (C=O) groups excluding carboxylic acids is 2. The van der Waals surface area contributed by atoms with Crippen LogP contribution in [0.5, 0.6) is 0 Å². The van der Waals surface area contributed by atoms with Gasteiger partial charge in [0.1, 0.15) is 0 Å². The Morgan fingerprint density at radius 3 is 2.50 bits per heavy atom. The predicted molar refractivity (Wildman–Crippen MR) is 84.7 cm³/mol. The zero-order valence-corrected chi connectivity index (χ0v) is 13.2. The van der Waals surface area contributed by atoms with E-state index >= 15 is 0 Å². The fourth-order valence-electron chi connectivity index (χ4n) is 1.69. The zero-order chi connectivity index (χ0) is 17.7. The minimum Gasteiger partial charge on any atom is -0.318 e. The van der Waals surface area contributed by atoms with Crippen LogP contribution in [0.4, 0.5) is 18.9 Å². The van der Waals surface area contributed by atoms with Crippen molar-refractivity contribution in [3.8, 4) is 0 Å². The number of nitrogens with zero attached hydrogens (tertiary/aromatic N) is 1. The molecule has 24 heavy (non-hydrogen) atoms. The van der Waals surface area contributed by atoms with E-state index in [4.69, 9.17) is 0 Å². The molecule has 0 fully saturated rings. The SMILES string of the molecule is C/C(=N\NC(=O)C(=O)Nc1cccc(C(F)(F)F)c1)c1cccs1. The van der Waals surface area contributed by atoms with E-state index in [0.29, 0.717) is 5.71 Å². The largest absolute Gasteiger partial charge is 0.416 e. The molecule has 1 heterocycles. The number of alkyl halides is 3. The molecule has 9 heteroatoms. The van der Waals surface area contributed by atoms with E-state index in [0.717, 1.165) is 23.1 Å². The summed E-state index contributed by atoms with van der Waals surface area (Å²) < 4.78 is 37.8. The summed E-state index contributed by atoms with van der Waals surface area (Å²) >= 11 is 1.41. The summed E-state index contributed by atoms with van der Waals surface area (Å²) in [4.78, 5) is 24.2. The Balaban J connectivity index is 1.99. The molecule has 0 spiro atoms. The molecule has 0 atom stereocenters. The van der Waals surface area contributed by atoms with E-state index in [2.05, 4.69) is 15.8 Å². The first-order valence-electron chi connectivity index (χ1n) is 6.64. The van der Waals surface area contributed by atoms with Gasteiger partial charge < -0.3 is 5.32 Å². The van der Waals surface area contributed by atoms with Gasteiger partial charge in [-0.25, -0.2) is 5.43 Å². The molecule has 5 nitrogen and oxygen atoms in total. The number of hydrogen-bond donors (Lipinski definition) is 2. The van der Waals surface area contributed by atoms with E-state index in [-0.39, 0.29) is 5.69 Å². The summed E-state index contributed by atoms with van der Waals surface area (Å²) in [6.45, 7) is 1.65. The number of benzene rings is 1. The van der Waals surface area contributed by atoms with Gasteiger partial charge in [-0.3, -0.25) is 9.59 Å². The van der Waals surface area contributed by atoms with Crippen molar-refractivity contribution in [3.05, 3.63) is 52.2 Å². The summed E-state index contributed by atoms with van der Waals surface area (Å²) in [5, 5.41) is 7.70. The average molecular weight is 355 g/mol. The number of carbonyl (C=O) groups is 2. The molecule has 2 aromatic rings. The lowest BCUT2D eigenvalue weighted by Crippen LogP contribution is -2.33. The molecule has 1 aromatic carbocycles. The molecular formula is C15H12F3N3O2S. The minimum atomic E-state index is -4.54. The Morgan fingerprint density at radius 1 is 1.12 bits per heavy atom. The summed E-state index contributed by atoms with van der Waals surface area (Å²) in [7, 11) is 0. The molecule has 0 bridgehead atoms. The second kappa shape index (κ2) is 7.26. The lowest BCUT2D eigenvalue weighted by molar-refractivity contribution is -0.137. The van der Waals surface area contributed by atoms with Crippen LogP contribution >= 0.6 is 11.3 Å². The van der Waals surface area contributed by atoms with Gasteiger partial charge >= 0.3 is 18.0 Å². The Kier molecular flexibility index (Phi) is 5.35. The van der Waals surface area contributed by atoms with Crippen molar-refractivity contribution in [2.75, 3.05) is 5.32 Å². The van der Waals surface area contributed by atoms with Gasteiger partial charge in [-0.2, -0.15) is 18.3 Å². The van der Waals surface area contributed by atoms with Crippen LogP contribution in [-0.2, 0) is 15.8 Å². The fourth-order valence-corrected chi connectivity index (χ4v) is 2.36. The maximum Gasteiger partial charge on any atom is 0.416 e. The molecule has 0 saturated heterocycles. The van der Waals surface area contributed by atoms with Crippen LogP contribution in [0.2, 0.25) is 0 Å². The van der Waals surface area contributed by atoms with E-state index in [1.54, 1.807) is 19.1 Å². The first kappa shape index (κ1) is 17.7. The predicted octanol–water partition coefficient (Wildman–Crippen LogP) is 3.25. The second-order valence-electron chi connectivity index (χ2n) is 4.65. The number of hydrogen-bond acceptors (Lipinski definition) is 4. The third kappa shape index (κ3) is 4.66. The third-order valence-electron chi connectivity index (χ3n) is 2.86. The molecule has 0 radical (unpaired) electrons. The molecule has 2 N–H and O–H groups in total. The Bertz CT molecular complexity index is 771. The molecular weight excluding hydrogens is 343 g/mol. The van der Waals surface area contributed by atoms with E-state index in [1.807, 2.05) is 5.38 Å².